The van der Waals surface area contributed by atoms with Crippen molar-refractivity contribution in [2.45, 2.75) is 12.5 Å². The maximum Gasteiger partial charge on any atom is 0.312 e. The van der Waals surface area contributed by atoms with Gasteiger partial charge in [0.1, 0.15) is 0 Å². The Morgan fingerprint density at radius 2 is 2.04 bits per heavy atom. The van der Waals surface area contributed by atoms with Gasteiger partial charge < -0.3 is 21.3 Å². The minimum absolute atomic E-state index is 0.0723. The van der Waals surface area contributed by atoms with E-state index in [-0.39, 0.29) is 12.3 Å². The van der Waals surface area contributed by atoms with Crippen molar-refractivity contribution in [1.29, 1.82) is 0 Å². The topological polar surface area (TPSA) is 87.5 Å². The van der Waals surface area contributed by atoms with Gasteiger partial charge in [0, 0.05) is 19.0 Å². The minimum Gasteiger partial charge on any atom is -0.375 e. The molecule has 1 heterocycles. The summed E-state index contributed by atoms with van der Waals surface area (Å²) in [4.78, 5) is 26.3. The summed E-state index contributed by atoms with van der Waals surface area (Å²) in [6.07, 6.45) is 0.0723. The standard InChI is InChI=1S/C16H19ClN4O2S/c1-21(2)15-10(17)5-3-6-11(15)19-14(22)9-12(20-16(18)23)13-7-4-8-24-13/h3-8,12H,9H2,1-2H3,(H,19,22)(H3,18,20,23). The Morgan fingerprint density at radius 1 is 1.29 bits per heavy atom. The molecule has 2 aromatic rings. The molecule has 0 radical (unpaired) electrons. The van der Waals surface area contributed by atoms with Crippen LogP contribution in [0.4, 0.5) is 16.2 Å². The van der Waals surface area contributed by atoms with E-state index in [0.717, 1.165) is 10.6 Å². The fourth-order valence-corrected chi connectivity index (χ4v) is 3.46. The number of nitrogens with one attached hydrogen (secondary N) is 2. The van der Waals surface area contributed by atoms with E-state index < -0.39 is 12.1 Å². The molecule has 1 unspecified atom stereocenters. The van der Waals surface area contributed by atoms with Crippen molar-refractivity contribution >= 4 is 46.3 Å². The quantitative estimate of drug-likeness (QED) is 0.733. The third kappa shape index (κ3) is 4.62. The molecule has 1 aromatic carbocycles. The van der Waals surface area contributed by atoms with Gasteiger partial charge in [-0.2, -0.15) is 0 Å². The zero-order valence-corrected chi connectivity index (χ0v) is 14.9. The molecule has 0 saturated heterocycles. The smallest absolute Gasteiger partial charge is 0.312 e. The molecule has 0 spiro atoms. The van der Waals surface area contributed by atoms with Crippen molar-refractivity contribution in [1.82, 2.24) is 5.32 Å². The number of carbonyl (C=O) groups excluding carboxylic acids is 2. The van der Waals surface area contributed by atoms with Crippen LogP contribution < -0.4 is 21.3 Å². The van der Waals surface area contributed by atoms with Crippen molar-refractivity contribution in [2.24, 2.45) is 5.73 Å². The third-order valence-electron chi connectivity index (χ3n) is 3.30. The van der Waals surface area contributed by atoms with Crippen LogP contribution in [0.1, 0.15) is 17.3 Å². The van der Waals surface area contributed by atoms with Crippen molar-refractivity contribution in [2.75, 3.05) is 24.3 Å². The van der Waals surface area contributed by atoms with Crippen LogP contribution in [0.3, 0.4) is 0 Å². The monoisotopic (exact) mass is 366 g/mol. The number of amides is 3. The number of nitrogens with zero attached hydrogens (tertiary/aromatic N) is 1. The fourth-order valence-electron chi connectivity index (χ4n) is 2.34. The average Bonchev–Trinajstić information content (AvgIpc) is 2.99. The Bertz CT molecular complexity index is 719. The molecule has 1 atom stereocenters. The number of para-hydroxylation sites is 1. The van der Waals surface area contributed by atoms with Crippen molar-refractivity contribution in [3.05, 3.63) is 45.6 Å². The summed E-state index contributed by atoms with van der Waals surface area (Å²) in [5.41, 5.74) is 6.55. The molecule has 8 heteroatoms. The predicted octanol–water partition coefficient (Wildman–Crippen LogP) is 3.21. The molecule has 24 heavy (non-hydrogen) atoms. The maximum absolute atomic E-state index is 12.4. The zero-order chi connectivity index (χ0) is 17.7. The Kier molecular flexibility index (Phi) is 6.05. The van der Waals surface area contributed by atoms with Gasteiger partial charge in [-0.3, -0.25) is 4.79 Å². The van der Waals surface area contributed by atoms with E-state index in [0.29, 0.717) is 10.7 Å². The number of primary amides is 1. The maximum atomic E-state index is 12.4. The summed E-state index contributed by atoms with van der Waals surface area (Å²) in [7, 11) is 3.69. The lowest BCUT2D eigenvalue weighted by Gasteiger charge is -2.20. The van der Waals surface area contributed by atoms with Crippen LogP contribution in [0.5, 0.6) is 0 Å². The number of hydrogen-bond acceptors (Lipinski definition) is 4. The summed E-state index contributed by atoms with van der Waals surface area (Å²) in [6, 6.07) is 7.87. The minimum atomic E-state index is -0.669. The second kappa shape index (κ2) is 8.03. The lowest BCUT2D eigenvalue weighted by molar-refractivity contribution is -0.116. The number of anilines is 2. The number of halogens is 1. The van der Waals surface area contributed by atoms with Gasteiger partial charge in [0.2, 0.25) is 5.91 Å². The summed E-state index contributed by atoms with van der Waals surface area (Å²) in [6.45, 7) is 0. The van der Waals surface area contributed by atoms with Crippen LogP contribution in [0.25, 0.3) is 0 Å². The van der Waals surface area contributed by atoms with E-state index in [2.05, 4.69) is 10.6 Å². The summed E-state index contributed by atoms with van der Waals surface area (Å²) >= 11 is 7.65. The second-order valence-electron chi connectivity index (χ2n) is 5.36. The highest BCUT2D eigenvalue weighted by Gasteiger charge is 2.20. The first-order valence-corrected chi connectivity index (χ1v) is 8.49. The van der Waals surface area contributed by atoms with Crippen molar-refractivity contribution in [3.8, 4) is 0 Å². The van der Waals surface area contributed by atoms with Crippen LogP contribution in [-0.2, 0) is 4.79 Å². The van der Waals surface area contributed by atoms with Crippen LogP contribution in [0, 0.1) is 0 Å². The number of rotatable bonds is 6. The molecule has 6 nitrogen and oxygen atoms in total. The predicted molar refractivity (Wildman–Crippen MR) is 98.8 cm³/mol. The average molecular weight is 367 g/mol. The number of carbonyl (C=O) groups is 2. The largest absolute Gasteiger partial charge is 0.375 e. The van der Waals surface area contributed by atoms with E-state index in [9.17, 15) is 9.59 Å². The number of urea groups is 1. The van der Waals surface area contributed by atoms with E-state index in [4.69, 9.17) is 17.3 Å². The van der Waals surface area contributed by atoms with Gasteiger partial charge in [0.15, 0.2) is 0 Å². The summed E-state index contributed by atoms with van der Waals surface area (Å²) < 4.78 is 0. The molecular formula is C16H19ClN4O2S. The van der Waals surface area contributed by atoms with Crippen LogP contribution in [0.2, 0.25) is 5.02 Å². The van der Waals surface area contributed by atoms with Gasteiger partial charge in [-0.05, 0) is 23.6 Å². The number of hydrogen-bond donors (Lipinski definition) is 3. The molecular weight excluding hydrogens is 348 g/mol. The van der Waals surface area contributed by atoms with Crippen molar-refractivity contribution in [3.63, 3.8) is 0 Å². The molecule has 1 aromatic heterocycles. The van der Waals surface area contributed by atoms with Gasteiger partial charge in [0.05, 0.1) is 28.9 Å². The number of thiophene rings is 1. The van der Waals surface area contributed by atoms with E-state index >= 15 is 0 Å². The van der Waals surface area contributed by atoms with Gasteiger partial charge in [0.25, 0.3) is 0 Å². The first kappa shape index (κ1) is 18.1. The van der Waals surface area contributed by atoms with Crippen LogP contribution >= 0.6 is 22.9 Å². The second-order valence-corrected chi connectivity index (χ2v) is 6.75. The molecule has 3 amide bonds. The lowest BCUT2D eigenvalue weighted by Crippen LogP contribution is -2.35. The normalized spacial score (nSPS) is 11.6. The Labute approximate surface area is 149 Å². The molecule has 0 saturated carbocycles. The number of nitrogens with two attached hydrogens (primary N) is 1. The highest BCUT2D eigenvalue weighted by Crippen LogP contribution is 2.33. The Balaban J connectivity index is 2.14. The SMILES string of the molecule is CN(C)c1c(Cl)cccc1NC(=O)CC(NC(N)=O)c1cccs1. The van der Waals surface area contributed by atoms with E-state index in [1.807, 2.05) is 36.5 Å². The molecule has 2 rings (SSSR count). The first-order valence-electron chi connectivity index (χ1n) is 7.23. The molecule has 0 fully saturated rings. The Hall–Kier alpha value is -2.25. The Morgan fingerprint density at radius 3 is 2.62 bits per heavy atom. The molecule has 0 aliphatic heterocycles. The van der Waals surface area contributed by atoms with Crippen LogP contribution in [0.15, 0.2) is 35.7 Å². The molecule has 0 aliphatic rings. The first-order chi connectivity index (χ1) is 11.4. The van der Waals surface area contributed by atoms with Crippen LogP contribution in [-0.4, -0.2) is 26.0 Å². The highest BCUT2D eigenvalue weighted by atomic mass is 35.5. The molecule has 4 N–H and O–H groups in total. The van der Waals surface area contributed by atoms with Crippen molar-refractivity contribution < 1.29 is 9.59 Å². The van der Waals surface area contributed by atoms with Gasteiger partial charge in [-0.25, -0.2) is 4.79 Å². The zero-order valence-electron chi connectivity index (χ0n) is 13.4. The summed E-state index contributed by atoms with van der Waals surface area (Å²) in [5, 5.41) is 7.87. The fraction of sp³-hybridized carbons (Fsp3) is 0.250. The molecule has 0 aliphatic carbocycles. The summed E-state index contributed by atoms with van der Waals surface area (Å²) in [5.74, 6) is -0.243. The van der Waals surface area contributed by atoms with Gasteiger partial charge >= 0.3 is 6.03 Å². The van der Waals surface area contributed by atoms with E-state index in [1.54, 1.807) is 18.2 Å². The van der Waals surface area contributed by atoms with Gasteiger partial charge in [-0.1, -0.05) is 23.7 Å². The highest BCUT2D eigenvalue weighted by molar-refractivity contribution is 7.10. The number of benzene rings is 1. The molecule has 128 valence electrons. The molecule has 0 bridgehead atoms. The van der Waals surface area contributed by atoms with Gasteiger partial charge in [-0.15, -0.1) is 11.3 Å². The third-order valence-corrected chi connectivity index (χ3v) is 4.59. The lowest BCUT2D eigenvalue weighted by atomic mass is 10.1. The van der Waals surface area contributed by atoms with E-state index in [1.165, 1.54) is 11.3 Å².